The third kappa shape index (κ3) is 6.33. The molecule has 48 heavy (non-hydrogen) atoms. The molecular weight excluding hydrogens is 600 g/mol. The van der Waals surface area contributed by atoms with Crippen LogP contribution in [0.3, 0.4) is 0 Å². The zero-order valence-electron chi connectivity index (χ0n) is 32.4. The number of hydrogen-bond acceptors (Lipinski definition) is 9. The number of hydrogen-bond donors (Lipinski definition) is 0. The number of aromatic nitrogens is 4. The van der Waals surface area contributed by atoms with E-state index in [1.165, 1.54) is 11.4 Å². The second-order valence-corrected chi connectivity index (χ2v) is 13.8. The first-order valence-corrected chi connectivity index (χ1v) is 16.7. The number of aliphatic imine (C=N–C) groups is 7. The molecule has 6 rings (SSSR count). The van der Waals surface area contributed by atoms with Crippen molar-refractivity contribution >= 4 is 45.7 Å². The summed E-state index contributed by atoms with van der Waals surface area (Å²) >= 11 is 0. The summed E-state index contributed by atoms with van der Waals surface area (Å²) < 4.78 is 6.47. The molecule has 0 aliphatic carbocycles. The van der Waals surface area contributed by atoms with Gasteiger partial charge in [0.05, 0.1) is 45.7 Å². The molecule has 1 unspecified atom stereocenters. The van der Waals surface area contributed by atoms with E-state index in [4.69, 9.17) is 0 Å². The molecule has 258 valence electrons. The average molecular weight is 656 g/mol. The highest BCUT2D eigenvalue weighted by atomic mass is 15.6. The maximum Gasteiger partial charge on any atom is 0.272 e. The lowest BCUT2D eigenvalue weighted by atomic mass is 9.99. The molecular formula is C36H55N12+. The molecule has 0 spiro atoms. The fourth-order valence-electron chi connectivity index (χ4n) is 6.70. The van der Waals surface area contributed by atoms with E-state index in [1.807, 2.05) is 90.0 Å². The van der Waals surface area contributed by atoms with Gasteiger partial charge >= 0.3 is 0 Å². The lowest BCUT2D eigenvalue weighted by Crippen LogP contribution is -2.42. The van der Waals surface area contributed by atoms with Crippen molar-refractivity contribution in [1.29, 1.82) is 0 Å². The zero-order chi connectivity index (χ0) is 36.3. The highest BCUT2D eigenvalue weighted by Gasteiger charge is 2.49. The summed E-state index contributed by atoms with van der Waals surface area (Å²) in [6, 6.07) is 0. The maximum atomic E-state index is 4.64. The lowest BCUT2D eigenvalue weighted by Gasteiger charge is -2.31. The number of imidazole rings is 2. The van der Waals surface area contributed by atoms with Gasteiger partial charge in [-0.3, -0.25) is 24.5 Å². The van der Waals surface area contributed by atoms with Crippen LogP contribution in [-0.4, -0.2) is 87.1 Å². The van der Waals surface area contributed by atoms with Crippen molar-refractivity contribution in [3.05, 3.63) is 34.4 Å². The third-order valence-corrected chi connectivity index (χ3v) is 10.00. The molecule has 2 aromatic heterocycles. The molecule has 0 amide bonds. The molecule has 0 saturated carbocycles. The van der Waals surface area contributed by atoms with Crippen molar-refractivity contribution < 1.29 is 4.68 Å². The van der Waals surface area contributed by atoms with Crippen LogP contribution in [0.25, 0.3) is 0 Å². The summed E-state index contributed by atoms with van der Waals surface area (Å²) in [5.41, 5.74) is 11.5. The van der Waals surface area contributed by atoms with Gasteiger partial charge in [0.15, 0.2) is 17.2 Å². The van der Waals surface area contributed by atoms with Gasteiger partial charge in [-0.2, -0.15) is 0 Å². The van der Waals surface area contributed by atoms with E-state index in [9.17, 15) is 0 Å². The van der Waals surface area contributed by atoms with Crippen LogP contribution in [-0.2, 0) is 5.79 Å². The quantitative estimate of drug-likeness (QED) is 0.349. The first-order valence-electron chi connectivity index (χ1n) is 16.7. The Morgan fingerprint density at radius 2 is 0.875 bits per heavy atom. The molecule has 0 radical (unpaired) electrons. The van der Waals surface area contributed by atoms with E-state index >= 15 is 0 Å². The Morgan fingerprint density at radius 1 is 0.500 bits per heavy atom. The molecule has 0 saturated heterocycles. The van der Waals surface area contributed by atoms with Crippen molar-refractivity contribution in [1.82, 2.24) is 19.2 Å². The van der Waals surface area contributed by atoms with E-state index in [-0.39, 0.29) is 6.17 Å². The Bertz CT molecular complexity index is 1820. The summed E-state index contributed by atoms with van der Waals surface area (Å²) in [5, 5.41) is 0. The van der Waals surface area contributed by atoms with E-state index in [0.717, 1.165) is 68.7 Å². The topological polar surface area (TPSA) is 125 Å². The van der Waals surface area contributed by atoms with Gasteiger partial charge in [-0.15, -0.1) is 4.68 Å². The predicted octanol–water partition coefficient (Wildman–Crippen LogP) is 6.53. The highest BCUT2D eigenvalue weighted by Crippen LogP contribution is 2.38. The largest absolute Gasteiger partial charge is 0.288 e. The van der Waals surface area contributed by atoms with Gasteiger partial charge in [0.2, 0.25) is 11.5 Å². The molecule has 12 nitrogen and oxygen atoms in total. The Kier molecular flexibility index (Phi) is 9.66. The fourth-order valence-corrected chi connectivity index (χ4v) is 6.70. The molecule has 12 heteroatoms. The summed E-state index contributed by atoms with van der Waals surface area (Å²) in [4.78, 5) is 41.3. The Morgan fingerprint density at radius 3 is 1.19 bits per heavy atom. The van der Waals surface area contributed by atoms with Gasteiger partial charge in [-0.1, -0.05) is 4.68 Å². The molecule has 0 bridgehead atoms. The van der Waals surface area contributed by atoms with Gasteiger partial charge in [-0.25, -0.2) is 24.9 Å². The second kappa shape index (κ2) is 12.7. The van der Waals surface area contributed by atoms with Crippen LogP contribution in [0.2, 0.25) is 0 Å². The van der Waals surface area contributed by atoms with Crippen molar-refractivity contribution in [2.75, 3.05) is 0 Å². The van der Waals surface area contributed by atoms with E-state index in [0.29, 0.717) is 0 Å². The second-order valence-electron chi connectivity index (χ2n) is 13.8. The van der Waals surface area contributed by atoms with Crippen molar-refractivity contribution in [3.63, 3.8) is 0 Å². The first kappa shape index (κ1) is 36.6. The van der Waals surface area contributed by atoms with Crippen LogP contribution < -0.4 is 0 Å². The molecule has 2 aromatic rings. The molecule has 0 fully saturated rings. The van der Waals surface area contributed by atoms with Crippen molar-refractivity contribution in [2.45, 2.75) is 148 Å². The van der Waals surface area contributed by atoms with Gasteiger partial charge in [0.1, 0.15) is 17.2 Å². The van der Waals surface area contributed by atoms with Crippen molar-refractivity contribution in [2.24, 2.45) is 34.9 Å². The minimum absolute atomic E-state index is 0.158. The standard InChI is InChI=1S/C12H19N4.2C12H18N4/c1-7-9(3)15(11(5)13-7)16-10(4)8(2)14-12(16)6;1-7-8(2)15-12(6,14-7)16-10(4)9(3)13-11(16)5;1-7-8(2)14-11(5,13-7)12(6)15-9(3)10(4)16-12/h11H,1-6H3;2*1-6H3/q+1;;. The summed E-state index contributed by atoms with van der Waals surface area (Å²) in [6.45, 7) is 36.5. The van der Waals surface area contributed by atoms with Crippen LogP contribution in [0.1, 0.15) is 118 Å². The predicted molar refractivity (Wildman–Crippen MR) is 201 cm³/mol. The summed E-state index contributed by atoms with van der Waals surface area (Å²) in [7, 11) is 0. The number of rotatable bonds is 3. The van der Waals surface area contributed by atoms with Crippen molar-refractivity contribution in [3.8, 4) is 0 Å². The molecule has 4 aliphatic rings. The fraction of sp³-hybridized carbons (Fsp3) is 0.611. The molecule has 4 aliphatic heterocycles. The van der Waals surface area contributed by atoms with Crippen LogP contribution >= 0.6 is 0 Å². The maximum absolute atomic E-state index is 4.64. The van der Waals surface area contributed by atoms with Crippen LogP contribution in [0.5, 0.6) is 0 Å². The minimum Gasteiger partial charge on any atom is -0.288 e. The van der Waals surface area contributed by atoms with Crippen LogP contribution in [0.4, 0.5) is 0 Å². The summed E-state index contributed by atoms with van der Waals surface area (Å²) in [5.74, 6) is 1.45. The molecule has 1 atom stereocenters. The summed E-state index contributed by atoms with van der Waals surface area (Å²) in [6.07, 6.45) is 0.158. The average Bonchev–Trinajstić information content (AvgIpc) is 3.72. The molecule has 0 aromatic carbocycles. The monoisotopic (exact) mass is 655 g/mol. The number of nitrogens with zero attached hydrogens (tertiary/aromatic N) is 12. The molecule has 6 heterocycles. The van der Waals surface area contributed by atoms with E-state index in [2.05, 4.69) is 93.5 Å². The Balaban J connectivity index is 0.000000163. The van der Waals surface area contributed by atoms with Crippen LogP contribution in [0, 0.1) is 41.5 Å². The zero-order valence-corrected chi connectivity index (χ0v) is 32.4. The number of aryl methyl sites for hydroxylation is 4. The van der Waals surface area contributed by atoms with E-state index in [1.54, 1.807) is 0 Å². The normalized spacial score (nSPS) is 21.8. The smallest absolute Gasteiger partial charge is 0.272 e. The van der Waals surface area contributed by atoms with Crippen LogP contribution in [0.15, 0.2) is 34.9 Å². The Hall–Kier alpha value is -4.22. The van der Waals surface area contributed by atoms with E-state index < -0.39 is 17.1 Å². The van der Waals surface area contributed by atoms with Gasteiger partial charge in [-0.05, 0) is 104 Å². The van der Waals surface area contributed by atoms with Gasteiger partial charge in [0, 0.05) is 26.5 Å². The third-order valence-electron chi connectivity index (χ3n) is 10.00. The first-order chi connectivity index (χ1) is 22.1. The highest BCUT2D eigenvalue weighted by molar-refractivity contribution is 6.43. The lowest BCUT2D eigenvalue weighted by molar-refractivity contribution is -0.613. The Labute approximate surface area is 286 Å². The minimum atomic E-state index is -0.583. The SMILES string of the molecule is CC1=NC(C)(C2(C)N=C(C)C(C)=N2)N=C1C.CC1=NC(C)(n2c(C)nc(C)c2C)N=C1C.CC1=NC(C)[N+](n2c(C)nc(C)c2C)=C1C. The van der Waals surface area contributed by atoms with Gasteiger partial charge < -0.3 is 0 Å². The molecule has 0 N–H and O–H groups in total. The van der Waals surface area contributed by atoms with Gasteiger partial charge in [0.25, 0.3) is 6.17 Å².